The fourth-order valence-electron chi connectivity index (χ4n) is 4.62. The zero-order valence-electron chi connectivity index (χ0n) is 19.7. The minimum Gasteiger partial charge on any atom is -0.491 e. The number of hydrogen-bond acceptors (Lipinski definition) is 5. The van der Waals surface area contributed by atoms with Crippen LogP contribution < -0.4 is 4.74 Å². The molecule has 0 aliphatic carbocycles. The molecule has 5 rings (SSSR count). The average molecular weight is 486 g/mol. The number of rotatable bonds is 8. The Kier molecular flexibility index (Phi) is 6.93. The van der Waals surface area contributed by atoms with E-state index in [4.69, 9.17) is 21.3 Å². The topological polar surface area (TPSA) is 55.0 Å². The molecule has 4 aromatic rings. The number of benzene rings is 2. The van der Waals surface area contributed by atoms with Crippen molar-refractivity contribution in [2.75, 3.05) is 26.2 Å². The van der Waals surface area contributed by atoms with E-state index in [1.807, 2.05) is 55.0 Å². The van der Waals surface area contributed by atoms with E-state index >= 15 is 0 Å². The lowest BCUT2D eigenvalue weighted by Gasteiger charge is -2.26. The number of halogens is 1. The summed E-state index contributed by atoms with van der Waals surface area (Å²) in [4.78, 5) is 11.3. The molecular formula is C28H28ClN5O. The van der Waals surface area contributed by atoms with Crippen molar-refractivity contribution < 1.29 is 4.74 Å². The number of ether oxygens (including phenoxy) is 1. The van der Waals surface area contributed by atoms with E-state index in [0.717, 1.165) is 58.8 Å². The first kappa shape index (κ1) is 23.3. The number of aliphatic imine (C=N–C) groups is 1. The summed E-state index contributed by atoms with van der Waals surface area (Å²) in [6, 6.07) is 11.7. The van der Waals surface area contributed by atoms with Gasteiger partial charge in [-0.1, -0.05) is 48.9 Å². The van der Waals surface area contributed by atoms with Gasteiger partial charge in [0.25, 0.3) is 0 Å². The Balaban J connectivity index is 1.36. The highest BCUT2D eigenvalue weighted by molar-refractivity contribution is 6.32. The van der Waals surface area contributed by atoms with Crippen LogP contribution in [-0.4, -0.2) is 52.5 Å². The molecule has 1 aliphatic heterocycles. The molecule has 0 bridgehead atoms. The van der Waals surface area contributed by atoms with Crippen LogP contribution in [0.2, 0.25) is 5.02 Å². The lowest BCUT2D eigenvalue weighted by atomic mass is 10.0. The second kappa shape index (κ2) is 10.4. The normalized spacial score (nSPS) is 14.2. The van der Waals surface area contributed by atoms with Gasteiger partial charge in [0.1, 0.15) is 12.4 Å². The molecule has 2 aromatic heterocycles. The first-order valence-electron chi connectivity index (χ1n) is 11.9. The van der Waals surface area contributed by atoms with Gasteiger partial charge in [-0.15, -0.1) is 0 Å². The monoisotopic (exact) mass is 485 g/mol. The molecule has 0 amide bonds. The third-order valence-corrected chi connectivity index (χ3v) is 6.78. The maximum atomic E-state index is 6.56. The fourth-order valence-corrected chi connectivity index (χ4v) is 4.85. The van der Waals surface area contributed by atoms with E-state index in [-0.39, 0.29) is 0 Å². The molecule has 0 radical (unpaired) electrons. The maximum absolute atomic E-state index is 6.56. The van der Waals surface area contributed by atoms with Crippen molar-refractivity contribution in [3.05, 3.63) is 72.2 Å². The lowest BCUT2D eigenvalue weighted by Crippen LogP contribution is -2.33. The van der Waals surface area contributed by atoms with Crippen molar-refractivity contribution >= 4 is 35.7 Å². The van der Waals surface area contributed by atoms with Crippen LogP contribution in [0.25, 0.3) is 34.0 Å². The molecule has 1 fully saturated rings. The predicted molar refractivity (Wildman–Crippen MR) is 144 cm³/mol. The standard InChI is InChI=1S/C28H28ClN5O/c1-3-22-23(8-7-9-26(22)30-2)24-18-32-34-19-21(17-31-28(24)34)20-10-11-27(25(29)16-20)35-15-14-33-12-5-4-6-13-33/h3,7-11,16-19H,1-2,4-6,12-15H2. The average Bonchev–Trinajstić information content (AvgIpc) is 3.32. The van der Waals surface area contributed by atoms with E-state index in [0.29, 0.717) is 17.4 Å². The summed E-state index contributed by atoms with van der Waals surface area (Å²) < 4.78 is 7.75. The van der Waals surface area contributed by atoms with Gasteiger partial charge in [-0.2, -0.15) is 5.10 Å². The van der Waals surface area contributed by atoms with Crippen molar-refractivity contribution in [2.24, 2.45) is 4.99 Å². The maximum Gasteiger partial charge on any atom is 0.162 e. The van der Waals surface area contributed by atoms with E-state index in [2.05, 4.69) is 28.3 Å². The van der Waals surface area contributed by atoms with Crippen molar-refractivity contribution in [2.45, 2.75) is 19.3 Å². The fraction of sp³-hybridized carbons (Fsp3) is 0.250. The predicted octanol–water partition coefficient (Wildman–Crippen LogP) is 6.56. The Morgan fingerprint density at radius 2 is 1.91 bits per heavy atom. The highest BCUT2D eigenvalue weighted by atomic mass is 35.5. The van der Waals surface area contributed by atoms with Gasteiger partial charge in [0.05, 0.1) is 16.9 Å². The van der Waals surface area contributed by atoms with Gasteiger partial charge in [-0.25, -0.2) is 9.50 Å². The Morgan fingerprint density at radius 3 is 2.69 bits per heavy atom. The first-order chi connectivity index (χ1) is 17.2. The lowest BCUT2D eigenvalue weighted by molar-refractivity contribution is 0.183. The third-order valence-electron chi connectivity index (χ3n) is 6.48. The second-order valence-corrected chi connectivity index (χ2v) is 9.07. The van der Waals surface area contributed by atoms with Crippen LogP contribution in [0.3, 0.4) is 0 Å². The molecule has 3 heterocycles. The third kappa shape index (κ3) is 4.85. The van der Waals surface area contributed by atoms with Crippen LogP contribution in [0.15, 0.2) is 66.6 Å². The number of fused-ring (bicyclic) bond motifs is 1. The quantitative estimate of drug-likeness (QED) is 0.265. The minimum atomic E-state index is 0.590. The molecule has 35 heavy (non-hydrogen) atoms. The smallest absolute Gasteiger partial charge is 0.162 e. The van der Waals surface area contributed by atoms with Gasteiger partial charge < -0.3 is 4.74 Å². The molecule has 1 saturated heterocycles. The molecular weight excluding hydrogens is 458 g/mol. The minimum absolute atomic E-state index is 0.590. The molecule has 178 valence electrons. The van der Waals surface area contributed by atoms with Crippen molar-refractivity contribution in [1.82, 2.24) is 19.5 Å². The number of piperidine rings is 1. The van der Waals surface area contributed by atoms with E-state index in [1.54, 1.807) is 10.6 Å². The van der Waals surface area contributed by atoms with Crippen LogP contribution in [0.1, 0.15) is 24.8 Å². The summed E-state index contributed by atoms with van der Waals surface area (Å²) >= 11 is 6.56. The number of aromatic nitrogens is 3. The number of nitrogens with zero attached hydrogens (tertiary/aromatic N) is 5. The van der Waals surface area contributed by atoms with Crippen molar-refractivity contribution in [3.8, 4) is 28.0 Å². The molecule has 2 aromatic carbocycles. The van der Waals surface area contributed by atoms with Gasteiger partial charge in [0.15, 0.2) is 5.65 Å². The van der Waals surface area contributed by atoms with Crippen molar-refractivity contribution in [3.63, 3.8) is 0 Å². The number of hydrogen-bond donors (Lipinski definition) is 0. The Labute approximate surface area is 210 Å². The highest BCUT2D eigenvalue weighted by Crippen LogP contribution is 2.35. The molecule has 0 saturated carbocycles. The van der Waals surface area contributed by atoms with Gasteiger partial charge in [-0.3, -0.25) is 9.89 Å². The Bertz CT molecular complexity index is 1370. The highest BCUT2D eigenvalue weighted by Gasteiger charge is 2.15. The summed E-state index contributed by atoms with van der Waals surface area (Å²) in [5.41, 5.74) is 6.18. The Morgan fingerprint density at radius 1 is 1.06 bits per heavy atom. The SMILES string of the molecule is C=Cc1c(N=C)cccc1-c1cnn2cc(-c3ccc(OCCN4CCCCC4)c(Cl)c3)cnc12. The molecule has 0 spiro atoms. The largest absolute Gasteiger partial charge is 0.491 e. The summed E-state index contributed by atoms with van der Waals surface area (Å²) in [6.45, 7) is 11.5. The molecule has 7 heteroatoms. The van der Waals surface area contributed by atoms with Gasteiger partial charge in [-0.05, 0) is 62.0 Å². The molecule has 0 atom stereocenters. The van der Waals surface area contributed by atoms with Gasteiger partial charge >= 0.3 is 0 Å². The summed E-state index contributed by atoms with van der Waals surface area (Å²) in [5.74, 6) is 0.704. The van der Waals surface area contributed by atoms with Crippen LogP contribution in [0.5, 0.6) is 5.75 Å². The van der Waals surface area contributed by atoms with E-state index in [9.17, 15) is 0 Å². The second-order valence-electron chi connectivity index (χ2n) is 8.67. The van der Waals surface area contributed by atoms with E-state index < -0.39 is 0 Å². The van der Waals surface area contributed by atoms with Gasteiger partial charge in [0.2, 0.25) is 0 Å². The summed E-state index contributed by atoms with van der Waals surface area (Å²) in [5, 5.41) is 5.14. The van der Waals surface area contributed by atoms with Crippen molar-refractivity contribution in [1.29, 1.82) is 0 Å². The van der Waals surface area contributed by atoms with Crippen LogP contribution >= 0.6 is 11.6 Å². The van der Waals surface area contributed by atoms with Crippen LogP contribution in [0.4, 0.5) is 5.69 Å². The van der Waals surface area contributed by atoms with Crippen LogP contribution in [-0.2, 0) is 0 Å². The van der Waals surface area contributed by atoms with Crippen LogP contribution in [0, 0.1) is 0 Å². The molecule has 0 N–H and O–H groups in total. The summed E-state index contributed by atoms with van der Waals surface area (Å²) in [7, 11) is 0. The molecule has 0 unspecified atom stereocenters. The van der Waals surface area contributed by atoms with Gasteiger partial charge in [0, 0.05) is 35.6 Å². The first-order valence-corrected chi connectivity index (χ1v) is 12.3. The zero-order chi connectivity index (χ0) is 24.2. The van der Waals surface area contributed by atoms with E-state index in [1.165, 1.54) is 19.3 Å². The Hall–Kier alpha value is -3.48. The summed E-state index contributed by atoms with van der Waals surface area (Å²) in [6.07, 6.45) is 11.3. The molecule has 1 aliphatic rings. The number of likely N-dealkylation sites (tertiary alicyclic amines) is 1. The zero-order valence-corrected chi connectivity index (χ0v) is 20.4. The molecule has 6 nitrogen and oxygen atoms in total.